The highest BCUT2D eigenvalue weighted by molar-refractivity contribution is 6.15. The van der Waals surface area contributed by atoms with Crippen LogP contribution in [0.4, 0.5) is 5.82 Å². The van der Waals surface area contributed by atoms with E-state index in [9.17, 15) is 4.79 Å². The molecule has 0 aliphatic heterocycles. The fraction of sp³-hybridized carbons (Fsp3) is 0.200. The summed E-state index contributed by atoms with van der Waals surface area (Å²) in [6, 6.07) is 7.53. The summed E-state index contributed by atoms with van der Waals surface area (Å²) in [5.41, 5.74) is 12.6. The van der Waals surface area contributed by atoms with Crippen LogP contribution in [-0.4, -0.2) is 26.6 Å². The molecule has 2 aliphatic rings. The second-order valence-electron chi connectivity index (χ2n) is 9.90. The molecule has 0 aromatic carbocycles. The average molecular weight is 505 g/mol. The largest absolute Gasteiger partial charge is 0.472 e. The number of aromatic nitrogens is 3. The Bertz CT molecular complexity index is 1640. The molecule has 190 valence electrons. The molecule has 38 heavy (non-hydrogen) atoms. The van der Waals surface area contributed by atoms with E-state index in [-0.39, 0.29) is 29.3 Å². The van der Waals surface area contributed by atoms with Crippen LogP contribution in [0.1, 0.15) is 43.0 Å². The Hall–Kier alpha value is -4.72. The van der Waals surface area contributed by atoms with Crippen molar-refractivity contribution >= 4 is 33.9 Å². The quantitative estimate of drug-likeness (QED) is 0.253. The summed E-state index contributed by atoms with van der Waals surface area (Å²) in [4.78, 5) is 24.8. The van der Waals surface area contributed by atoms with Crippen LogP contribution in [0, 0.1) is 17.2 Å². The van der Waals surface area contributed by atoms with Crippen molar-refractivity contribution in [3.63, 3.8) is 0 Å². The van der Waals surface area contributed by atoms with Gasteiger partial charge in [0, 0.05) is 51.6 Å². The Labute approximate surface area is 219 Å². The molecule has 4 aromatic heterocycles. The number of nitrogens with zero attached hydrogens (tertiary/aromatic N) is 2. The first-order valence-corrected chi connectivity index (χ1v) is 12.7. The minimum absolute atomic E-state index is 0.0713. The zero-order chi connectivity index (χ0) is 26.2. The smallest absolute Gasteiger partial charge is 0.227 e. The van der Waals surface area contributed by atoms with Gasteiger partial charge in [-0.2, -0.15) is 0 Å². The second-order valence-corrected chi connectivity index (χ2v) is 9.90. The SMILES string of the molecule is C[C@H]1C=CC(NC(=O)C2CCC2)=CC(c2cnc(N)c(C(=N)c3cc4c(-c5ccoc5)nccc4[nH]3)c2)=C1. The Kier molecular flexibility index (Phi) is 5.99. The first-order chi connectivity index (χ1) is 18.5. The van der Waals surface area contributed by atoms with E-state index in [1.54, 1.807) is 24.9 Å². The first-order valence-electron chi connectivity index (χ1n) is 12.7. The first kappa shape index (κ1) is 23.7. The minimum atomic E-state index is 0.0713. The number of aromatic amines is 1. The van der Waals surface area contributed by atoms with Crippen LogP contribution in [0.5, 0.6) is 0 Å². The van der Waals surface area contributed by atoms with Crippen molar-refractivity contribution in [2.75, 3.05) is 5.73 Å². The number of anilines is 1. The van der Waals surface area contributed by atoms with E-state index >= 15 is 0 Å². The molecule has 6 rings (SSSR count). The fourth-order valence-corrected chi connectivity index (χ4v) is 4.83. The van der Waals surface area contributed by atoms with Gasteiger partial charge in [0.15, 0.2) is 0 Å². The van der Waals surface area contributed by atoms with Crippen LogP contribution in [-0.2, 0) is 4.79 Å². The number of hydrogen-bond donors (Lipinski definition) is 4. The van der Waals surface area contributed by atoms with Gasteiger partial charge in [-0.3, -0.25) is 15.2 Å². The van der Waals surface area contributed by atoms with E-state index in [1.807, 2.05) is 36.4 Å². The van der Waals surface area contributed by atoms with Crippen LogP contribution in [0.15, 0.2) is 83.6 Å². The van der Waals surface area contributed by atoms with E-state index in [0.29, 0.717) is 11.3 Å². The molecule has 8 heteroatoms. The lowest BCUT2D eigenvalue weighted by atomic mass is 9.85. The molecule has 5 N–H and O–H groups in total. The standard InChI is InChI=1S/C30H28N6O2/c1-17-5-6-22(35-30(37)18-3-2-4-18)12-20(11-17)21-13-24(29(32)34-15-21)27(31)26-14-23-25(36-26)7-9-33-28(23)19-8-10-38-16-19/h5-18,31,36H,2-4H2,1H3,(H2,32,34)(H,35,37)/t17-/m0/s1. The molecule has 0 bridgehead atoms. The van der Waals surface area contributed by atoms with E-state index in [2.05, 4.69) is 39.3 Å². The Balaban J connectivity index is 1.33. The number of furan rings is 1. The van der Waals surface area contributed by atoms with Gasteiger partial charge >= 0.3 is 0 Å². The second kappa shape index (κ2) is 9.63. The number of nitrogens with one attached hydrogen (secondary N) is 3. The third kappa shape index (κ3) is 4.45. The predicted molar refractivity (Wildman–Crippen MR) is 148 cm³/mol. The van der Waals surface area contributed by atoms with Crippen molar-refractivity contribution in [1.82, 2.24) is 20.3 Å². The van der Waals surface area contributed by atoms with E-state index < -0.39 is 0 Å². The molecule has 0 radical (unpaired) electrons. The van der Waals surface area contributed by atoms with Crippen LogP contribution in [0.3, 0.4) is 0 Å². The van der Waals surface area contributed by atoms with Crippen LogP contribution < -0.4 is 11.1 Å². The molecule has 8 nitrogen and oxygen atoms in total. The minimum Gasteiger partial charge on any atom is -0.472 e. The van der Waals surface area contributed by atoms with Crippen LogP contribution >= 0.6 is 0 Å². The maximum atomic E-state index is 12.6. The van der Waals surface area contributed by atoms with Crippen molar-refractivity contribution in [3.8, 4) is 11.3 Å². The lowest BCUT2D eigenvalue weighted by molar-refractivity contribution is -0.126. The number of allylic oxidation sites excluding steroid dienone is 5. The summed E-state index contributed by atoms with van der Waals surface area (Å²) in [6.45, 7) is 2.09. The summed E-state index contributed by atoms with van der Waals surface area (Å²) in [6.07, 6.45) is 17.8. The number of carbonyl (C=O) groups is 1. The van der Waals surface area contributed by atoms with Gasteiger partial charge in [0.2, 0.25) is 5.91 Å². The van der Waals surface area contributed by atoms with Crippen molar-refractivity contribution in [2.45, 2.75) is 26.2 Å². The highest BCUT2D eigenvalue weighted by atomic mass is 16.3. The molecule has 1 atom stereocenters. The van der Waals surface area contributed by atoms with E-state index in [4.69, 9.17) is 15.6 Å². The lowest BCUT2D eigenvalue weighted by Crippen LogP contribution is -2.33. The molecule has 4 aromatic rings. The number of nitrogens with two attached hydrogens (primary N) is 1. The van der Waals surface area contributed by atoms with Gasteiger partial charge in [-0.05, 0) is 60.8 Å². The monoisotopic (exact) mass is 504 g/mol. The van der Waals surface area contributed by atoms with Gasteiger partial charge in [0.25, 0.3) is 0 Å². The Morgan fingerprint density at radius 3 is 2.84 bits per heavy atom. The van der Waals surface area contributed by atoms with Gasteiger partial charge in [-0.15, -0.1) is 0 Å². The molecule has 4 heterocycles. The third-order valence-corrected chi connectivity index (χ3v) is 7.21. The van der Waals surface area contributed by atoms with Gasteiger partial charge in [-0.1, -0.05) is 25.5 Å². The molecular weight excluding hydrogens is 476 g/mol. The Morgan fingerprint density at radius 1 is 1.21 bits per heavy atom. The van der Waals surface area contributed by atoms with Crippen molar-refractivity contribution in [1.29, 1.82) is 5.41 Å². The van der Waals surface area contributed by atoms with E-state index in [1.165, 1.54) is 0 Å². The third-order valence-electron chi connectivity index (χ3n) is 7.21. The lowest BCUT2D eigenvalue weighted by Gasteiger charge is -2.24. The number of rotatable bonds is 6. The number of carbonyl (C=O) groups excluding carboxylic acids is 1. The van der Waals surface area contributed by atoms with Crippen molar-refractivity contribution in [2.24, 2.45) is 11.8 Å². The number of fused-ring (bicyclic) bond motifs is 1. The van der Waals surface area contributed by atoms with Crippen molar-refractivity contribution in [3.05, 3.63) is 96.0 Å². The molecule has 1 fully saturated rings. The maximum Gasteiger partial charge on any atom is 0.227 e. The molecule has 0 unspecified atom stereocenters. The summed E-state index contributed by atoms with van der Waals surface area (Å²) in [5, 5.41) is 13.0. The summed E-state index contributed by atoms with van der Waals surface area (Å²) < 4.78 is 5.24. The zero-order valence-corrected chi connectivity index (χ0v) is 21.0. The predicted octanol–water partition coefficient (Wildman–Crippen LogP) is 5.61. The van der Waals surface area contributed by atoms with Crippen LogP contribution in [0.2, 0.25) is 0 Å². The highest BCUT2D eigenvalue weighted by Gasteiger charge is 2.25. The van der Waals surface area contributed by atoms with E-state index in [0.717, 1.165) is 58.3 Å². The number of amides is 1. The molecule has 1 amide bonds. The normalized spacial score (nSPS) is 17.4. The average Bonchev–Trinajstić information content (AvgIpc) is 3.52. The van der Waals surface area contributed by atoms with Gasteiger partial charge in [0.1, 0.15) is 5.82 Å². The van der Waals surface area contributed by atoms with Gasteiger partial charge in [-0.25, -0.2) is 4.98 Å². The van der Waals surface area contributed by atoms with Gasteiger partial charge < -0.3 is 20.5 Å². The fourth-order valence-electron chi connectivity index (χ4n) is 4.83. The molecule has 0 spiro atoms. The topological polar surface area (TPSA) is 134 Å². The summed E-state index contributed by atoms with van der Waals surface area (Å²) >= 11 is 0. The number of hydrogen-bond acceptors (Lipinski definition) is 6. The van der Waals surface area contributed by atoms with Gasteiger partial charge in [0.05, 0.1) is 29.6 Å². The number of nitrogen functional groups attached to an aromatic ring is 1. The molecule has 0 saturated heterocycles. The van der Waals surface area contributed by atoms with Crippen molar-refractivity contribution < 1.29 is 9.21 Å². The maximum absolute atomic E-state index is 12.6. The Morgan fingerprint density at radius 2 is 2.08 bits per heavy atom. The highest BCUT2D eigenvalue weighted by Crippen LogP contribution is 2.31. The molecule has 2 aliphatic carbocycles. The zero-order valence-electron chi connectivity index (χ0n) is 21.0. The van der Waals surface area contributed by atoms with Crippen LogP contribution in [0.25, 0.3) is 27.7 Å². The summed E-state index contributed by atoms with van der Waals surface area (Å²) in [5.74, 6) is 0.598. The number of pyridine rings is 2. The molecule has 1 saturated carbocycles. The summed E-state index contributed by atoms with van der Waals surface area (Å²) in [7, 11) is 0. The molecular formula is C30H28N6O2. The number of H-pyrrole nitrogens is 1.